The molecule has 158 valence electrons. The van der Waals surface area contributed by atoms with E-state index in [0.717, 1.165) is 11.0 Å². The first kappa shape index (κ1) is 21.6. The van der Waals surface area contributed by atoms with E-state index in [1.807, 2.05) is 0 Å². The molecule has 1 saturated heterocycles. The summed E-state index contributed by atoms with van der Waals surface area (Å²) in [7, 11) is -4.45. The van der Waals surface area contributed by atoms with E-state index in [1.165, 1.54) is 31.2 Å². The van der Waals surface area contributed by atoms with Crippen LogP contribution in [0.2, 0.25) is 0 Å². The molecule has 1 heterocycles. The molecule has 0 spiro atoms. The molecule has 1 atom stereocenters. The van der Waals surface area contributed by atoms with E-state index in [9.17, 15) is 26.8 Å². The second kappa shape index (κ2) is 8.35. The Hall–Kier alpha value is -3.07. The zero-order valence-electron chi connectivity index (χ0n) is 16.0. The number of rotatable bonds is 6. The Morgan fingerprint density at radius 2 is 1.70 bits per heavy atom. The number of carbonyl (C=O) groups is 2. The molecule has 2 aromatic carbocycles. The van der Waals surface area contributed by atoms with Crippen LogP contribution in [0.5, 0.6) is 5.75 Å². The van der Waals surface area contributed by atoms with Crippen molar-refractivity contribution in [3.63, 3.8) is 0 Å². The van der Waals surface area contributed by atoms with Crippen LogP contribution >= 0.6 is 0 Å². The lowest BCUT2D eigenvalue weighted by molar-refractivity contribution is -0.141. The molecule has 1 aliphatic rings. The Balaban J connectivity index is 1.81. The van der Waals surface area contributed by atoms with Gasteiger partial charge in [-0.3, -0.25) is 4.79 Å². The number of hydrogen-bond acceptors (Lipinski definition) is 5. The molecule has 0 bridgehead atoms. The van der Waals surface area contributed by atoms with Crippen molar-refractivity contribution in [2.24, 2.45) is 5.92 Å². The maximum Gasteiger partial charge on any atom is 0.354 e. The number of carbonyl (C=O) groups excluding carboxylic acids is 2. The molecular weight excluding hydrogens is 416 g/mol. The van der Waals surface area contributed by atoms with Crippen LogP contribution in [0.3, 0.4) is 0 Å². The van der Waals surface area contributed by atoms with Gasteiger partial charge in [0.25, 0.3) is 5.91 Å². The van der Waals surface area contributed by atoms with Crippen molar-refractivity contribution in [2.45, 2.75) is 12.8 Å². The second-order valence-corrected chi connectivity index (χ2v) is 8.71. The SMILES string of the molecule is CC=C(C(=O)Oc1ccccc1)S(=O)(=O)CC1CN(c2ccccc2)C(=O)C1(F)F. The number of para-hydroxylation sites is 2. The van der Waals surface area contributed by atoms with Gasteiger partial charge in [0.05, 0.1) is 11.7 Å². The minimum absolute atomic E-state index is 0.119. The highest BCUT2D eigenvalue weighted by molar-refractivity contribution is 7.96. The average Bonchev–Trinajstić information content (AvgIpc) is 2.93. The van der Waals surface area contributed by atoms with Gasteiger partial charge in [-0.05, 0) is 31.2 Å². The van der Waals surface area contributed by atoms with Crippen molar-refractivity contribution in [3.05, 3.63) is 71.6 Å². The van der Waals surface area contributed by atoms with Crippen molar-refractivity contribution in [3.8, 4) is 5.75 Å². The lowest BCUT2D eigenvalue weighted by atomic mass is 10.1. The molecule has 1 fully saturated rings. The molecule has 0 saturated carbocycles. The van der Waals surface area contributed by atoms with Crippen LogP contribution < -0.4 is 9.64 Å². The zero-order valence-corrected chi connectivity index (χ0v) is 16.8. The first-order valence-corrected chi connectivity index (χ1v) is 10.7. The fraction of sp³-hybridized carbons (Fsp3) is 0.238. The molecule has 30 heavy (non-hydrogen) atoms. The summed E-state index contributed by atoms with van der Waals surface area (Å²) in [5.41, 5.74) is 0.247. The number of sulfone groups is 1. The summed E-state index contributed by atoms with van der Waals surface area (Å²) >= 11 is 0. The minimum Gasteiger partial charge on any atom is -0.422 e. The molecule has 0 aromatic heterocycles. The van der Waals surface area contributed by atoms with Crippen LogP contribution in [-0.2, 0) is 19.4 Å². The van der Waals surface area contributed by atoms with Crippen molar-refractivity contribution in [1.29, 1.82) is 0 Å². The summed E-state index contributed by atoms with van der Waals surface area (Å²) in [4.78, 5) is 24.7. The van der Waals surface area contributed by atoms with E-state index >= 15 is 0 Å². The van der Waals surface area contributed by atoms with E-state index in [2.05, 4.69) is 0 Å². The Kier molecular flexibility index (Phi) is 6.02. The average molecular weight is 435 g/mol. The predicted molar refractivity (Wildman–Crippen MR) is 107 cm³/mol. The number of amides is 1. The first-order valence-electron chi connectivity index (χ1n) is 9.08. The highest BCUT2D eigenvalue weighted by Crippen LogP contribution is 2.38. The standard InChI is InChI=1S/C21H19F2NO5S/c1-2-18(19(25)29-17-11-7-4-8-12-17)30(27,28)14-15-13-24(20(26)21(15,22)23)16-9-5-3-6-10-16/h2-12,15H,13-14H2,1H3. The van der Waals surface area contributed by atoms with Crippen LogP contribution in [-0.4, -0.2) is 38.5 Å². The van der Waals surface area contributed by atoms with E-state index in [4.69, 9.17) is 4.74 Å². The van der Waals surface area contributed by atoms with Crippen LogP contribution in [0, 0.1) is 5.92 Å². The molecule has 1 amide bonds. The first-order chi connectivity index (χ1) is 14.2. The van der Waals surface area contributed by atoms with Crippen LogP contribution in [0.25, 0.3) is 0 Å². The molecule has 6 nitrogen and oxygen atoms in total. The number of alkyl halides is 2. The molecule has 2 aromatic rings. The van der Waals surface area contributed by atoms with Gasteiger partial charge in [-0.2, -0.15) is 8.78 Å². The number of esters is 1. The maximum atomic E-state index is 14.6. The Morgan fingerprint density at radius 1 is 1.13 bits per heavy atom. The third kappa shape index (κ3) is 4.25. The summed E-state index contributed by atoms with van der Waals surface area (Å²) in [6, 6.07) is 15.6. The normalized spacial score (nSPS) is 19.0. The van der Waals surface area contributed by atoms with Crippen LogP contribution in [0.4, 0.5) is 14.5 Å². The number of halogens is 2. The lowest BCUT2D eigenvalue weighted by Gasteiger charge is -2.16. The van der Waals surface area contributed by atoms with Gasteiger partial charge >= 0.3 is 11.9 Å². The van der Waals surface area contributed by atoms with E-state index in [0.29, 0.717) is 0 Å². The number of ether oxygens (including phenoxy) is 1. The van der Waals surface area contributed by atoms with E-state index in [1.54, 1.807) is 36.4 Å². The molecule has 0 aliphatic carbocycles. The highest BCUT2D eigenvalue weighted by atomic mass is 32.2. The van der Waals surface area contributed by atoms with Gasteiger partial charge in [0.2, 0.25) is 0 Å². The second-order valence-electron chi connectivity index (χ2n) is 6.71. The van der Waals surface area contributed by atoms with Crippen LogP contribution in [0.1, 0.15) is 6.92 Å². The van der Waals surface area contributed by atoms with Crippen molar-refractivity contribution >= 4 is 27.4 Å². The topological polar surface area (TPSA) is 80.8 Å². The van der Waals surface area contributed by atoms with Crippen LogP contribution in [0.15, 0.2) is 71.6 Å². The van der Waals surface area contributed by atoms with Crippen molar-refractivity contribution in [1.82, 2.24) is 0 Å². The number of allylic oxidation sites excluding steroid dienone is 1. The maximum absolute atomic E-state index is 14.6. The van der Waals surface area contributed by atoms with Gasteiger partial charge in [-0.1, -0.05) is 42.5 Å². The molecule has 9 heteroatoms. The number of benzene rings is 2. The molecule has 1 unspecified atom stereocenters. The molecule has 0 radical (unpaired) electrons. The lowest BCUT2D eigenvalue weighted by Crippen LogP contribution is -2.37. The fourth-order valence-corrected chi connectivity index (χ4v) is 4.86. The van der Waals surface area contributed by atoms with E-state index in [-0.39, 0.29) is 11.4 Å². The summed E-state index contributed by atoms with van der Waals surface area (Å²) in [5, 5.41) is 0. The van der Waals surface area contributed by atoms with Gasteiger partial charge < -0.3 is 9.64 Å². The summed E-state index contributed by atoms with van der Waals surface area (Å²) in [6.45, 7) is 0.813. The van der Waals surface area contributed by atoms with Gasteiger partial charge in [-0.25, -0.2) is 13.2 Å². The Bertz CT molecular complexity index is 1070. The summed E-state index contributed by atoms with van der Waals surface area (Å²) in [5.74, 6) is -9.29. The molecule has 3 rings (SSSR count). The van der Waals surface area contributed by atoms with Crippen molar-refractivity contribution < 1.29 is 31.5 Å². The molecule has 0 N–H and O–H groups in total. The largest absolute Gasteiger partial charge is 0.422 e. The van der Waals surface area contributed by atoms with Gasteiger partial charge in [-0.15, -0.1) is 0 Å². The minimum atomic E-state index is -4.45. The summed E-state index contributed by atoms with van der Waals surface area (Å²) < 4.78 is 59.7. The van der Waals surface area contributed by atoms with Crippen molar-refractivity contribution in [2.75, 3.05) is 17.2 Å². The Morgan fingerprint density at radius 3 is 2.27 bits per heavy atom. The number of nitrogens with zero attached hydrogens (tertiary/aromatic N) is 1. The van der Waals surface area contributed by atoms with Gasteiger partial charge in [0.15, 0.2) is 9.84 Å². The molecular formula is C21H19F2NO5S. The quantitative estimate of drug-likeness (QED) is 0.395. The third-order valence-electron chi connectivity index (χ3n) is 4.69. The Labute approximate surface area is 172 Å². The van der Waals surface area contributed by atoms with Gasteiger partial charge in [0, 0.05) is 12.2 Å². The highest BCUT2D eigenvalue weighted by Gasteiger charge is 2.58. The fourth-order valence-electron chi connectivity index (χ4n) is 3.19. The smallest absolute Gasteiger partial charge is 0.354 e. The monoisotopic (exact) mass is 435 g/mol. The van der Waals surface area contributed by atoms with Gasteiger partial charge in [0.1, 0.15) is 10.7 Å². The third-order valence-corrected chi connectivity index (χ3v) is 6.60. The summed E-state index contributed by atoms with van der Waals surface area (Å²) in [6.07, 6.45) is 1.00. The number of anilines is 1. The zero-order chi connectivity index (χ0) is 21.9. The number of hydrogen-bond donors (Lipinski definition) is 0. The van der Waals surface area contributed by atoms with E-state index < -0.39 is 50.8 Å². The predicted octanol–water partition coefficient (Wildman–Crippen LogP) is 3.21. The molecule has 1 aliphatic heterocycles.